The number of nitrogens with zero attached hydrogens (tertiary/aromatic N) is 2. The molecule has 1 aromatic heterocycles. The lowest BCUT2D eigenvalue weighted by molar-refractivity contribution is -0.125. The van der Waals surface area contributed by atoms with Gasteiger partial charge in [0.25, 0.3) is 5.91 Å². The molecule has 1 N–H and O–H groups in total. The van der Waals surface area contributed by atoms with Crippen molar-refractivity contribution in [2.24, 2.45) is 5.16 Å². The molecular formula is C16H14FN3O2. The number of nitrogens with one attached hydrogen (secondary N) is 1. The predicted octanol–water partition coefficient (Wildman–Crippen LogP) is 2.66. The van der Waals surface area contributed by atoms with Crippen LogP contribution in [0.15, 0.2) is 47.8 Å². The second-order valence-electron chi connectivity index (χ2n) is 5.05. The lowest BCUT2D eigenvalue weighted by atomic mass is 10.0. The van der Waals surface area contributed by atoms with Gasteiger partial charge < -0.3 is 10.2 Å². The van der Waals surface area contributed by atoms with Crippen molar-refractivity contribution in [3.8, 4) is 0 Å². The molecule has 1 aliphatic rings. The first-order valence-electron chi connectivity index (χ1n) is 6.84. The normalized spacial score (nSPS) is 16.8. The minimum Gasteiger partial charge on any atom is -0.382 e. The molecule has 22 heavy (non-hydrogen) atoms. The Balaban J connectivity index is 1.65. The standard InChI is InChI=1S/C16H14FN3O2/c1-10-5-6-18-15(7-10)19-16(21)14-9-13(20-22-14)11-3-2-4-12(17)8-11/h2-8,14H,9H2,1H3,(H,18,19,21)/t14-/m0/s1. The lowest BCUT2D eigenvalue weighted by Crippen LogP contribution is -2.28. The Kier molecular flexibility index (Phi) is 3.82. The molecule has 0 saturated carbocycles. The van der Waals surface area contributed by atoms with Gasteiger partial charge in [0.2, 0.25) is 6.10 Å². The first-order valence-corrected chi connectivity index (χ1v) is 6.84. The van der Waals surface area contributed by atoms with Crippen molar-refractivity contribution in [1.29, 1.82) is 0 Å². The molecule has 1 aliphatic heterocycles. The van der Waals surface area contributed by atoms with E-state index in [9.17, 15) is 9.18 Å². The van der Waals surface area contributed by atoms with Gasteiger partial charge in [0.1, 0.15) is 11.6 Å². The Morgan fingerprint density at radius 2 is 2.23 bits per heavy atom. The van der Waals surface area contributed by atoms with E-state index in [1.54, 1.807) is 24.4 Å². The molecule has 0 radical (unpaired) electrons. The molecule has 5 nitrogen and oxygen atoms in total. The SMILES string of the molecule is Cc1ccnc(NC(=O)[C@@H]2CC(c3cccc(F)c3)=NO2)c1. The molecule has 0 fully saturated rings. The maximum atomic E-state index is 13.2. The smallest absolute Gasteiger partial charge is 0.269 e. The highest BCUT2D eigenvalue weighted by Gasteiger charge is 2.29. The van der Waals surface area contributed by atoms with Gasteiger partial charge in [-0.05, 0) is 36.8 Å². The van der Waals surface area contributed by atoms with Crippen molar-refractivity contribution < 1.29 is 14.0 Å². The molecule has 2 aromatic rings. The monoisotopic (exact) mass is 299 g/mol. The number of hydrogen-bond acceptors (Lipinski definition) is 4. The van der Waals surface area contributed by atoms with E-state index in [0.717, 1.165) is 5.56 Å². The fourth-order valence-corrected chi connectivity index (χ4v) is 2.17. The summed E-state index contributed by atoms with van der Waals surface area (Å²) < 4.78 is 13.2. The second kappa shape index (κ2) is 5.93. The Hall–Kier alpha value is -2.76. The van der Waals surface area contributed by atoms with Crippen molar-refractivity contribution in [3.05, 3.63) is 59.5 Å². The fourth-order valence-electron chi connectivity index (χ4n) is 2.17. The first kappa shape index (κ1) is 14.2. The first-order chi connectivity index (χ1) is 10.6. The van der Waals surface area contributed by atoms with Gasteiger partial charge in [0.05, 0.1) is 5.71 Å². The molecule has 112 valence electrons. The summed E-state index contributed by atoms with van der Waals surface area (Å²) in [6, 6.07) is 9.65. The van der Waals surface area contributed by atoms with Gasteiger partial charge in [-0.3, -0.25) is 4.79 Å². The van der Waals surface area contributed by atoms with E-state index in [4.69, 9.17) is 4.84 Å². The highest BCUT2D eigenvalue weighted by Crippen LogP contribution is 2.18. The summed E-state index contributed by atoms with van der Waals surface area (Å²) in [5.74, 6) is -0.210. The van der Waals surface area contributed by atoms with E-state index in [-0.39, 0.29) is 11.7 Å². The summed E-state index contributed by atoms with van der Waals surface area (Å²) >= 11 is 0. The number of aromatic nitrogens is 1. The summed E-state index contributed by atoms with van der Waals surface area (Å²) in [4.78, 5) is 21.4. The minimum absolute atomic E-state index is 0.293. The van der Waals surface area contributed by atoms with Gasteiger partial charge in [0, 0.05) is 18.2 Å². The highest BCUT2D eigenvalue weighted by molar-refractivity contribution is 6.05. The quantitative estimate of drug-likeness (QED) is 0.947. The predicted molar refractivity (Wildman–Crippen MR) is 80.0 cm³/mol. The van der Waals surface area contributed by atoms with Crippen LogP contribution in [0.2, 0.25) is 0 Å². The Labute approximate surface area is 126 Å². The van der Waals surface area contributed by atoms with Crippen LogP contribution in [0.25, 0.3) is 0 Å². The van der Waals surface area contributed by atoms with Crippen LogP contribution in [0.4, 0.5) is 10.2 Å². The third-order valence-corrected chi connectivity index (χ3v) is 3.29. The van der Waals surface area contributed by atoms with E-state index in [2.05, 4.69) is 15.5 Å². The summed E-state index contributed by atoms with van der Waals surface area (Å²) in [7, 11) is 0. The lowest BCUT2D eigenvalue weighted by Gasteiger charge is -2.09. The van der Waals surface area contributed by atoms with E-state index in [1.165, 1.54) is 12.1 Å². The third-order valence-electron chi connectivity index (χ3n) is 3.29. The number of rotatable bonds is 3. The molecule has 0 bridgehead atoms. The Morgan fingerprint density at radius 1 is 1.36 bits per heavy atom. The number of amides is 1. The largest absolute Gasteiger partial charge is 0.382 e. The maximum Gasteiger partial charge on any atom is 0.269 e. The van der Waals surface area contributed by atoms with Crippen LogP contribution in [0, 0.1) is 12.7 Å². The number of carbonyl (C=O) groups is 1. The van der Waals surface area contributed by atoms with Gasteiger partial charge in [-0.25, -0.2) is 9.37 Å². The number of anilines is 1. The number of halogens is 1. The second-order valence-corrected chi connectivity index (χ2v) is 5.05. The molecule has 1 amide bonds. The zero-order valence-corrected chi connectivity index (χ0v) is 11.9. The molecule has 1 aromatic carbocycles. The van der Waals surface area contributed by atoms with E-state index >= 15 is 0 Å². The van der Waals surface area contributed by atoms with Gasteiger partial charge in [0.15, 0.2) is 0 Å². The van der Waals surface area contributed by atoms with E-state index in [1.807, 2.05) is 13.0 Å². The molecule has 0 aliphatic carbocycles. The van der Waals surface area contributed by atoms with Gasteiger partial charge in [-0.2, -0.15) is 0 Å². The number of aryl methyl sites for hydroxylation is 1. The zero-order chi connectivity index (χ0) is 15.5. The highest BCUT2D eigenvalue weighted by atomic mass is 19.1. The molecule has 6 heteroatoms. The summed E-state index contributed by atoms with van der Waals surface area (Å²) in [5.41, 5.74) is 2.16. The topological polar surface area (TPSA) is 63.6 Å². The van der Waals surface area contributed by atoms with Crippen molar-refractivity contribution in [2.75, 3.05) is 5.32 Å². The molecular weight excluding hydrogens is 285 g/mol. The number of hydrogen-bond donors (Lipinski definition) is 1. The maximum absolute atomic E-state index is 13.2. The Morgan fingerprint density at radius 3 is 3.00 bits per heavy atom. The summed E-state index contributed by atoms with van der Waals surface area (Å²) in [6.07, 6.45) is 1.18. The third kappa shape index (κ3) is 3.11. The van der Waals surface area contributed by atoms with Crippen LogP contribution < -0.4 is 5.32 Å². The molecule has 0 saturated heterocycles. The molecule has 0 unspecified atom stereocenters. The van der Waals surface area contributed by atoms with Crippen molar-refractivity contribution >= 4 is 17.4 Å². The van der Waals surface area contributed by atoms with Gasteiger partial charge in [-0.1, -0.05) is 17.3 Å². The molecule has 0 spiro atoms. The van der Waals surface area contributed by atoms with Gasteiger partial charge in [-0.15, -0.1) is 0 Å². The van der Waals surface area contributed by atoms with Crippen LogP contribution in [-0.4, -0.2) is 22.7 Å². The van der Waals surface area contributed by atoms with E-state index in [0.29, 0.717) is 23.5 Å². The number of oxime groups is 1. The van der Waals surface area contributed by atoms with Crippen LogP contribution in [0.5, 0.6) is 0 Å². The number of benzene rings is 1. The van der Waals surface area contributed by atoms with Crippen molar-refractivity contribution in [2.45, 2.75) is 19.4 Å². The van der Waals surface area contributed by atoms with Crippen molar-refractivity contribution in [1.82, 2.24) is 4.98 Å². The average molecular weight is 299 g/mol. The minimum atomic E-state index is -0.736. The van der Waals surface area contributed by atoms with E-state index < -0.39 is 6.10 Å². The van der Waals surface area contributed by atoms with Crippen LogP contribution in [0.1, 0.15) is 17.5 Å². The van der Waals surface area contributed by atoms with Crippen LogP contribution in [0.3, 0.4) is 0 Å². The van der Waals surface area contributed by atoms with Crippen LogP contribution in [-0.2, 0) is 9.63 Å². The summed E-state index contributed by atoms with van der Waals surface area (Å²) in [6.45, 7) is 1.91. The molecule has 2 heterocycles. The Bertz CT molecular complexity index is 746. The molecule has 1 atom stereocenters. The fraction of sp³-hybridized carbons (Fsp3) is 0.188. The summed E-state index contributed by atoms with van der Waals surface area (Å²) in [5, 5.41) is 6.56. The van der Waals surface area contributed by atoms with Gasteiger partial charge >= 0.3 is 0 Å². The molecule has 3 rings (SSSR count). The van der Waals surface area contributed by atoms with Crippen LogP contribution >= 0.6 is 0 Å². The number of pyridine rings is 1. The zero-order valence-electron chi connectivity index (χ0n) is 11.9. The van der Waals surface area contributed by atoms with Crippen molar-refractivity contribution in [3.63, 3.8) is 0 Å². The average Bonchev–Trinajstić information content (AvgIpc) is 2.97. The number of carbonyl (C=O) groups excluding carboxylic acids is 1.